The van der Waals surface area contributed by atoms with E-state index >= 15 is 0 Å². The number of nitrogen functional groups attached to an aromatic ring is 1. The van der Waals surface area contributed by atoms with Gasteiger partial charge in [0.05, 0.1) is 16.8 Å². The fourth-order valence-electron chi connectivity index (χ4n) is 2.25. The molecule has 1 atom stereocenters. The number of aromatic nitrogens is 5. The minimum Gasteiger partial charge on any atom is -0.398 e. The molecule has 132 valence electrons. The average molecular weight is 363 g/mol. The van der Waals surface area contributed by atoms with E-state index in [0.29, 0.717) is 46.7 Å². The second kappa shape index (κ2) is 7.08. The van der Waals surface area contributed by atoms with Gasteiger partial charge in [0, 0.05) is 20.1 Å². The molecular formula is C15H19ClN8O. The quantitative estimate of drug-likeness (QED) is 0.484. The summed E-state index contributed by atoms with van der Waals surface area (Å²) in [6, 6.07) is 5.44. The van der Waals surface area contributed by atoms with Crippen LogP contribution < -0.4 is 16.4 Å². The molecule has 3 aromatic rings. The van der Waals surface area contributed by atoms with Gasteiger partial charge in [-0.1, -0.05) is 22.9 Å². The lowest BCUT2D eigenvalue weighted by Gasteiger charge is -2.11. The Labute approximate surface area is 149 Å². The molecule has 0 saturated heterocycles. The summed E-state index contributed by atoms with van der Waals surface area (Å²) in [6.45, 7) is 2.51. The molecule has 3 rings (SSSR count). The number of hydrogen-bond donors (Lipinski definition) is 4. The van der Waals surface area contributed by atoms with Gasteiger partial charge in [-0.25, -0.2) is 4.68 Å². The maximum Gasteiger partial charge on any atom is 0.226 e. The average Bonchev–Trinajstić information content (AvgIpc) is 2.95. The Balaban J connectivity index is 1.86. The third kappa shape index (κ3) is 3.89. The number of hydrogen-bond acceptors (Lipinski definition) is 8. The van der Waals surface area contributed by atoms with Crippen LogP contribution in [0.1, 0.15) is 12.5 Å². The van der Waals surface area contributed by atoms with E-state index in [0.717, 1.165) is 5.56 Å². The molecular weight excluding hydrogens is 344 g/mol. The molecule has 0 amide bonds. The molecule has 25 heavy (non-hydrogen) atoms. The zero-order chi connectivity index (χ0) is 18.0. The van der Waals surface area contributed by atoms with Crippen LogP contribution in [0.3, 0.4) is 0 Å². The lowest BCUT2D eigenvalue weighted by molar-refractivity contribution is 0.208. The van der Waals surface area contributed by atoms with Crippen LogP contribution in [0, 0.1) is 0 Å². The van der Waals surface area contributed by atoms with Crippen LogP contribution in [0.5, 0.6) is 0 Å². The third-order valence-electron chi connectivity index (χ3n) is 3.53. The van der Waals surface area contributed by atoms with E-state index in [9.17, 15) is 5.11 Å². The van der Waals surface area contributed by atoms with Crippen LogP contribution in [0.4, 0.5) is 17.5 Å². The standard InChI is InChI=1S/C15H19ClN8O/c1-8(25)6-19-15-20-13(12-14(21-15)24(2)23-22-12)18-7-9-3-4-10(16)11(17)5-9/h3-5,8,25H,6-7,17H2,1-2H3,(H2,18,19,20,21). The normalized spacial score (nSPS) is 12.3. The van der Waals surface area contributed by atoms with E-state index in [4.69, 9.17) is 17.3 Å². The number of nitrogens with zero attached hydrogens (tertiary/aromatic N) is 5. The molecule has 0 fully saturated rings. The van der Waals surface area contributed by atoms with E-state index in [2.05, 4.69) is 30.9 Å². The number of aliphatic hydroxyl groups is 1. The first-order valence-electron chi connectivity index (χ1n) is 7.71. The Morgan fingerprint density at radius 1 is 1.32 bits per heavy atom. The SMILES string of the molecule is CC(O)CNc1nc(NCc2ccc(Cl)c(N)c2)c2nnn(C)c2n1. The summed E-state index contributed by atoms with van der Waals surface area (Å²) < 4.78 is 1.57. The first-order valence-corrected chi connectivity index (χ1v) is 8.09. The van der Waals surface area contributed by atoms with Crippen LogP contribution in [0.15, 0.2) is 18.2 Å². The van der Waals surface area contributed by atoms with Gasteiger partial charge in [0.25, 0.3) is 0 Å². The van der Waals surface area contributed by atoms with E-state index in [1.165, 1.54) is 0 Å². The molecule has 1 aromatic carbocycles. The summed E-state index contributed by atoms with van der Waals surface area (Å²) in [5.74, 6) is 0.927. The van der Waals surface area contributed by atoms with Gasteiger partial charge in [-0.05, 0) is 24.6 Å². The minimum atomic E-state index is -0.516. The smallest absolute Gasteiger partial charge is 0.226 e. The molecule has 0 spiro atoms. The van der Waals surface area contributed by atoms with Gasteiger partial charge in [-0.2, -0.15) is 9.97 Å². The van der Waals surface area contributed by atoms with E-state index in [1.807, 2.05) is 6.07 Å². The zero-order valence-corrected chi connectivity index (χ0v) is 14.6. The van der Waals surface area contributed by atoms with Gasteiger partial charge < -0.3 is 21.5 Å². The highest BCUT2D eigenvalue weighted by atomic mass is 35.5. The highest BCUT2D eigenvalue weighted by Gasteiger charge is 2.13. The number of fused-ring (bicyclic) bond motifs is 1. The van der Waals surface area contributed by atoms with Crippen LogP contribution >= 0.6 is 11.6 Å². The van der Waals surface area contributed by atoms with Crippen molar-refractivity contribution in [1.29, 1.82) is 0 Å². The molecule has 0 bridgehead atoms. The molecule has 0 saturated carbocycles. The summed E-state index contributed by atoms with van der Waals surface area (Å²) in [5, 5.41) is 24.2. The first kappa shape index (κ1) is 17.2. The predicted molar refractivity (Wildman–Crippen MR) is 97.5 cm³/mol. The lowest BCUT2D eigenvalue weighted by atomic mass is 10.2. The van der Waals surface area contributed by atoms with Crippen LogP contribution in [0.2, 0.25) is 5.02 Å². The van der Waals surface area contributed by atoms with Crippen molar-refractivity contribution >= 4 is 40.2 Å². The zero-order valence-electron chi connectivity index (χ0n) is 13.9. The number of halogens is 1. The monoisotopic (exact) mass is 362 g/mol. The van der Waals surface area contributed by atoms with Crippen molar-refractivity contribution < 1.29 is 5.11 Å². The number of nitrogens with one attached hydrogen (secondary N) is 2. The largest absolute Gasteiger partial charge is 0.398 e. The topological polar surface area (TPSA) is 127 Å². The number of nitrogens with two attached hydrogens (primary N) is 1. The molecule has 5 N–H and O–H groups in total. The number of aliphatic hydroxyl groups excluding tert-OH is 1. The maximum atomic E-state index is 9.43. The first-order chi connectivity index (χ1) is 11.9. The second-order valence-corrected chi connectivity index (χ2v) is 6.13. The minimum absolute atomic E-state index is 0.337. The highest BCUT2D eigenvalue weighted by molar-refractivity contribution is 6.33. The molecule has 0 radical (unpaired) electrons. The molecule has 0 aliphatic rings. The van der Waals surface area contributed by atoms with Crippen molar-refractivity contribution in [3.63, 3.8) is 0 Å². The van der Waals surface area contributed by atoms with Crippen LogP contribution in [-0.4, -0.2) is 42.7 Å². The van der Waals surface area contributed by atoms with Crippen molar-refractivity contribution in [2.24, 2.45) is 7.05 Å². The number of benzene rings is 1. The highest BCUT2D eigenvalue weighted by Crippen LogP contribution is 2.22. The summed E-state index contributed by atoms with van der Waals surface area (Å²) in [4.78, 5) is 8.80. The van der Waals surface area contributed by atoms with Crippen molar-refractivity contribution in [1.82, 2.24) is 25.0 Å². The molecule has 0 aliphatic carbocycles. The number of anilines is 3. The summed E-state index contributed by atoms with van der Waals surface area (Å²) in [7, 11) is 1.75. The summed E-state index contributed by atoms with van der Waals surface area (Å²) in [6.07, 6.45) is -0.516. The van der Waals surface area contributed by atoms with Gasteiger partial charge in [0.1, 0.15) is 0 Å². The van der Waals surface area contributed by atoms with Crippen molar-refractivity contribution in [2.45, 2.75) is 19.6 Å². The van der Waals surface area contributed by atoms with Gasteiger partial charge in [0.15, 0.2) is 17.0 Å². The maximum absolute atomic E-state index is 9.43. The van der Waals surface area contributed by atoms with E-state index in [1.54, 1.807) is 30.8 Å². The Hall–Kier alpha value is -2.65. The molecule has 0 aliphatic heterocycles. The third-order valence-corrected chi connectivity index (χ3v) is 3.87. The molecule has 9 nitrogen and oxygen atoms in total. The van der Waals surface area contributed by atoms with Gasteiger partial charge in [-0.3, -0.25) is 0 Å². The summed E-state index contributed by atoms with van der Waals surface area (Å²) in [5.41, 5.74) is 8.45. The number of aryl methyl sites for hydroxylation is 1. The van der Waals surface area contributed by atoms with E-state index < -0.39 is 6.10 Å². The van der Waals surface area contributed by atoms with Crippen molar-refractivity contribution in [3.05, 3.63) is 28.8 Å². The molecule has 2 heterocycles. The predicted octanol–water partition coefficient (Wildman–Crippen LogP) is 1.40. The summed E-state index contributed by atoms with van der Waals surface area (Å²) >= 11 is 5.94. The lowest BCUT2D eigenvalue weighted by Crippen LogP contribution is -2.17. The Kier molecular flexibility index (Phi) is 4.86. The van der Waals surface area contributed by atoms with Crippen molar-refractivity contribution in [2.75, 3.05) is 22.9 Å². The fourth-order valence-corrected chi connectivity index (χ4v) is 2.36. The Morgan fingerprint density at radius 2 is 2.12 bits per heavy atom. The Morgan fingerprint density at radius 3 is 2.84 bits per heavy atom. The van der Waals surface area contributed by atoms with Gasteiger partial charge in [-0.15, -0.1) is 5.10 Å². The molecule has 10 heteroatoms. The molecule has 2 aromatic heterocycles. The fraction of sp³-hybridized carbons (Fsp3) is 0.333. The Bertz CT molecular complexity index is 895. The number of rotatable bonds is 6. The van der Waals surface area contributed by atoms with Crippen LogP contribution in [-0.2, 0) is 13.6 Å². The van der Waals surface area contributed by atoms with Gasteiger partial charge in [0.2, 0.25) is 5.95 Å². The van der Waals surface area contributed by atoms with E-state index in [-0.39, 0.29) is 0 Å². The molecule has 1 unspecified atom stereocenters. The van der Waals surface area contributed by atoms with Crippen LogP contribution in [0.25, 0.3) is 11.2 Å². The van der Waals surface area contributed by atoms with Crippen molar-refractivity contribution in [3.8, 4) is 0 Å². The van der Waals surface area contributed by atoms with Gasteiger partial charge >= 0.3 is 0 Å². The second-order valence-electron chi connectivity index (χ2n) is 5.72.